The van der Waals surface area contributed by atoms with Crippen molar-refractivity contribution < 1.29 is 9.90 Å². The number of aliphatic hydroxyl groups excluding tert-OH is 1. The molecule has 2 nitrogen and oxygen atoms in total. The van der Waals surface area contributed by atoms with Crippen molar-refractivity contribution in [3.8, 4) is 0 Å². The van der Waals surface area contributed by atoms with Crippen LogP contribution in [0.3, 0.4) is 0 Å². The Labute approximate surface area is 92.4 Å². The minimum absolute atomic E-state index is 0.221. The molecule has 1 aliphatic carbocycles. The molecule has 0 spiro atoms. The first kappa shape index (κ1) is 12.4. The summed E-state index contributed by atoms with van der Waals surface area (Å²) in [7, 11) is 0. The molecule has 0 saturated heterocycles. The van der Waals surface area contributed by atoms with E-state index in [0.29, 0.717) is 6.42 Å². The summed E-state index contributed by atoms with van der Waals surface area (Å²) in [5.74, 6) is 0.221. The number of Topliss-reactive ketones (excluding diaryl/α,β-unsaturated/α-hetero) is 1. The van der Waals surface area contributed by atoms with Crippen molar-refractivity contribution in [3.63, 3.8) is 0 Å². The van der Waals surface area contributed by atoms with Gasteiger partial charge in [0.25, 0.3) is 0 Å². The van der Waals surface area contributed by atoms with Crippen LogP contribution in [-0.2, 0) is 4.79 Å². The van der Waals surface area contributed by atoms with E-state index >= 15 is 0 Å². The van der Waals surface area contributed by atoms with Crippen LogP contribution in [0, 0.1) is 5.41 Å². The quantitative estimate of drug-likeness (QED) is 0.777. The molecule has 2 heteroatoms. The van der Waals surface area contributed by atoms with Gasteiger partial charge in [-0.1, -0.05) is 26.3 Å². The highest BCUT2D eigenvalue weighted by atomic mass is 16.3. The molecule has 1 aliphatic rings. The Balaban J connectivity index is 3.04. The molecule has 0 aromatic rings. The average Bonchev–Trinajstić information content (AvgIpc) is 2.12. The first-order chi connectivity index (χ1) is 6.91. The number of allylic oxidation sites excluding steroid dienone is 1. The summed E-state index contributed by atoms with van der Waals surface area (Å²) in [6.45, 7) is 7.99. The summed E-state index contributed by atoms with van der Waals surface area (Å²) in [5.41, 5.74) is 1.68. The number of rotatable bonds is 3. The molecule has 0 amide bonds. The third-order valence-corrected chi connectivity index (χ3v) is 3.45. The van der Waals surface area contributed by atoms with Crippen LogP contribution < -0.4 is 0 Å². The number of carbonyl (C=O) groups excluding carboxylic acids is 1. The van der Waals surface area contributed by atoms with Crippen molar-refractivity contribution in [2.75, 3.05) is 0 Å². The number of hydrogen-bond acceptors (Lipinski definition) is 2. The predicted octanol–water partition coefficient (Wildman–Crippen LogP) is 2.85. The second-order valence-electron chi connectivity index (χ2n) is 5.10. The summed E-state index contributed by atoms with van der Waals surface area (Å²) in [6, 6.07) is 0. The Hall–Kier alpha value is -0.630. The van der Waals surface area contributed by atoms with Gasteiger partial charge >= 0.3 is 0 Å². The SMILES string of the molecule is CCCC(=O)C1=C(C)CCC(O)C1(C)C. The molecule has 86 valence electrons. The van der Waals surface area contributed by atoms with Crippen molar-refractivity contribution in [1.29, 1.82) is 0 Å². The molecule has 0 fully saturated rings. The number of aliphatic hydroxyl groups is 1. The van der Waals surface area contributed by atoms with Gasteiger partial charge in [0.15, 0.2) is 5.78 Å². The molecule has 0 radical (unpaired) electrons. The Morgan fingerprint density at radius 3 is 2.67 bits per heavy atom. The minimum atomic E-state index is -0.378. The van der Waals surface area contributed by atoms with Crippen molar-refractivity contribution in [2.24, 2.45) is 5.41 Å². The number of hydrogen-bond donors (Lipinski definition) is 1. The van der Waals surface area contributed by atoms with E-state index in [9.17, 15) is 9.90 Å². The standard InChI is InChI=1S/C13H22O2/c1-5-6-10(14)12-9(2)7-8-11(15)13(12,3)4/h11,15H,5-8H2,1-4H3. The van der Waals surface area contributed by atoms with Gasteiger partial charge in [-0.25, -0.2) is 0 Å². The lowest BCUT2D eigenvalue weighted by atomic mass is 9.69. The molecule has 0 bridgehead atoms. The van der Waals surface area contributed by atoms with E-state index in [1.165, 1.54) is 5.57 Å². The highest BCUT2D eigenvalue weighted by Gasteiger charge is 2.38. The topological polar surface area (TPSA) is 37.3 Å². The fraction of sp³-hybridized carbons (Fsp3) is 0.769. The normalized spacial score (nSPS) is 25.5. The minimum Gasteiger partial charge on any atom is -0.392 e. The fourth-order valence-electron chi connectivity index (χ4n) is 2.51. The van der Waals surface area contributed by atoms with E-state index in [-0.39, 0.29) is 17.3 Å². The molecule has 1 N–H and O–H groups in total. The second-order valence-corrected chi connectivity index (χ2v) is 5.10. The van der Waals surface area contributed by atoms with Crippen LogP contribution in [0.4, 0.5) is 0 Å². The van der Waals surface area contributed by atoms with Crippen LogP contribution in [0.1, 0.15) is 53.4 Å². The van der Waals surface area contributed by atoms with E-state index in [1.54, 1.807) is 0 Å². The molecule has 15 heavy (non-hydrogen) atoms. The van der Waals surface area contributed by atoms with E-state index < -0.39 is 0 Å². The van der Waals surface area contributed by atoms with Crippen LogP contribution >= 0.6 is 0 Å². The maximum Gasteiger partial charge on any atom is 0.159 e. The highest BCUT2D eigenvalue weighted by molar-refractivity contribution is 5.97. The molecule has 0 saturated carbocycles. The van der Waals surface area contributed by atoms with Crippen molar-refractivity contribution >= 4 is 5.78 Å². The maximum absolute atomic E-state index is 12.0. The van der Waals surface area contributed by atoms with E-state index in [0.717, 1.165) is 24.8 Å². The van der Waals surface area contributed by atoms with Gasteiger partial charge in [0.2, 0.25) is 0 Å². The molecular formula is C13H22O2. The largest absolute Gasteiger partial charge is 0.392 e. The van der Waals surface area contributed by atoms with Gasteiger partial charge in [-0.05, 0) is 26.2 Å². The van der Waals surface area contributed by atoms with Gasteiger partial charge in [0.05, 0.1) is 6.10 Å². The average molecular weight is 210 g/mol. The van der Waals surface area contributed by atoms with E-state index in [2.05, 4.69) is 0 Å². The number of ketones is 1. The van der Waals surface area contributed by atoms with Crippen LogP contribution in [0.25, 0.3) is 0 Å². The van der Waals surface area contributed by atoms with Gasteiger partial charge in [-0.15, -0.1) is 0 Å². The third-order valence-electron chi connectivity index (χ3n) is 3.45. The Bertz CT molecular complexity index is 287. The summed E-state index contributed by atoms with van der Waals surface area (Å²) >= 11 is 0. The smallest absolute Gasteiger partial charge is 0.159 e. The van der Waals surface area contributed by atoms with Crippen LogP contribution in [0.2, 0.25) is 0 Å². The lowest BCUT2D eigenvalue weighted by Crippen LogP contribution is -2.38. The molecule has 0 aromatic heterocycles. The molecule has 1 atom stereocenters. The molecule has 1 rings (SSSR count). The Morgan fingerprint density at radius 1 is 1.53 bits per heavy atom. The van der Waals surface area contributed by atoms with Gasteiger partial charge in [0, 0.05) is 17.4 Å². The van der Waals surface area contributed by atoms with Gasteiger partial charge in [-0.2, -0.15) is 0 Å². The van der Waals surface area contributed by atoms with Crippen molar-refractivity contribution in [2.45, 2.75) is 59.5 Å². The van der Waals surface area contributed by atoms with E-state index in [1.807, 2.05) is 27.7 Å². The summed E-state index contributed by atoms with van der Waals surface area (Å²) in [5, 5.41) is 9.96. The lowest BCUT2D eigenvalue weighted by molar-refractivity contribution is -0.117. The molecule has 1 unspecified atom stereocenters. The Morgan fingerprint density at radius 2 is 2.13 bits per heavy atom. The molecule has 0 aliphatic heterocycles. The number of carbonyl (C=O) groups is 1. The summed E-state index contributed by atoms with van der Waals surface area (Å²) in [6.07, 6.45) is 2.74. The monoisotopic (exact) mass is 210 g/mol. The Kier molecular flexibility index (Phi) is 3.72. The zero-order valence-electron chi connectivity index (χ0n) is 10.3. The maximum atomic E-state index is 12.0. The first-order valence-corrected chi connectivity index (χ1v) is 5.82. The summed E-state index contributed by atoms with van der Waals surface area (Å²) < 4.78 is 0. The van der Waals surface area contributed by atoms with Crippen LogP contribution in [-0.4, -0.2) is 17.0 Å². The molecular weight excluding hydrogens is 188 g/mol. The van der Waals surface area contributed by atoms with Gasteiger partial charge in [0.1, 0.15) is 0 Å². The molecule has 0 heterocycles. The second kappa shape index (κ2) is 4.48. The van der Waals surface area contributed by atoms with Crippen LogP contribution in [0.15, 0.2) is 11.1 Å². The zero-order valence-corrected chi connectivity index (χ0v) is 10.3. The first-order valence-electron chi connectivity index (χ1n) is 5.82. The molecule has 0 aromatic carbocycles. The summed E-state index contributed by atoms with van der Waals surface area (Å²) in [4.78, 5) is 12.0. The zero-order chi connectivity index (χ0) is 11.6. The van der Waals surface area contributed by atoms with Gasteiger partial charge < -0.3 is 5.11 Å². The van der Waals surface area contributed by atoms with Crippen molar-refractivity contribution in [3.05, 3.63) is 11.1 Å². The third kappa shape index (κ3) is 2.31. The van der Waals surface area contributed by atoms with Crippen molar-refractivity contribution in [1.82, 2.24) is 0 Å². The highest BCUT2D eigenvalue weighted by Crippen LogP contribution is 2.41. The fourth-order valence-corrected chi connectivity index (χ4v) is 2.51. The predicted molar refractivity (Wildman–Crippen MR) is 61.6 cm³/mol. The van der Waals surface area contributed by atoms with Gasteiger partial charge in [-0.3, -0.25) is 4.79 Å². The van der Waals surface area contributed by atoms with E-state index in [4.69, 9.17) is 0 Å². The van der Waals surface area contributed by atoms with Crippen LogP contribution in [0.5, 0.6) is 0 Å². The lowest BCUT2D eigenvalue weighted by Gasteiger charge is -2.38.